The van der Waals surface area contributed by atoms with Gasteiger partial charge in [0.1, 0.15) is 0 Å². The molecule has 1 unspecified atom stereocenters. The molecular weight excluding hydrogens is 414 g/mol. The van der Waals surface area contributed by atoms with E-state index in [0.717, 1.165) is 18.5 Å². The monoisotopic (exact) mass is 435 g/mol. The van der Waals surface area contributed by atoms with Crippen molar-refractivity contribution in [1.29, 1.82) is 5.26 Å². The topological polar surface area (TPSA) is 118 Å². The van der Waals surface area contributed by atoms with Crippen LogP contribution in [0, 0.1) is 18.3 Å². The van der Waals surface area contributed by atoms with Gasteiger partial charge >= 0.3 is 0 Å². The molecule has 2 fully saturated rings. The number of fused-ring (bicyclic) bond motifs is 1. The molecule has 2 aromatic heterocycles. The molecule has 1 aliphatic heterocycles. The molecule has 9 heteroatoms. The molecule has 3 heterocycles. The van der Waals surface area contributed by atoms with E-state index in [-0.39, 0.29) is 23.5 Å². The summed E-state index contributed by atoms with van der Waals surface area (Å²) < 4.78 is 25.8. The number of aryl methyl sites for hydroxylation is 1. The van der Waals surface area contributed by atoms with E-state index < -0.39 is 9.84 Å². The number of pyridine rings is 1. The van der Waals surface area contributed by atoms with Crippen LogP contribution >= 0.6 is 0 Å². The van der Waals surface area contributed by atoms with Gasteiger partial charge in [0.2, 0.25) is 0 Å². The van der Waals surface area contributed by atoms with E-state index >= 15 is 0 Å². The van der Waals surface area contributed by atoms with Crippen LogP contribution in [0.4, 0.5) is 5.69 Å². The number of carbonyl (C=O) groups is 1. The maximum Gasteiger partial charge on any atom is 0.256 e. The van der Waals surface area contributed by atoms with Crippen LogP contribution in [-0.4, -0.2) is 40.6 Å². The summed E-state index contributed by atoms with van der Waals surface area (Å²) >= 11 is 0. The molecule has 1 amide bonds. The summed E-state index contributed by atoms with van der Waals surface area (Å²) in [6, 6.07) is 10.4. The van der Waals surface area contributed by atoms with Gasteiger partial charge in [-0.15, -0.1) is 0 Å². The summed E-state index contributed by atoms with van der Waals surface area (Å²) in [5, 5.41) is 17.2. The van der Waals surface area contributed by atoms with E-state index in [4.69, 9.17) is 10.2 Å². The molecule has 1 atom stereocenters. The number of rotatable bonds is 4. The van der Waals surface area contributed by atoms with Gasteiger partial charge < -0.3 is 5.32 Å². The van der Waals surface area contributed by atoms with E-state index in [1.165, 1.54) is 0 Å². The lowest BCUT2D eigenvalue weighted by molar-refractivity contribution is 0.102. The average Bonchev–Trinajstić information content (AvgIpc) is 3.46. The molecule has 31 heavy (non-hydrogen) atoms. The minimum atomic E-state index is -3.09. The van der Waals surface area contributed by atoms with E-state index in [0.29, 0.717) is 45.9 Å². The lowest BCUT2D eigenvalue weighted by atomic mass is 10.1. The molecule has 2 aliphatic rings. The summed E-state index contributed by atoms with van der Waals surface area (Å²) in [6.45, 7) is 1.81. The quantitative estimate of drug-likeness (QED) is 0.673. The van der Waals surface area contributed by atoms with Crippen molar-refractivity contribution in [2.24, 2.45) is 0 Å². The van der Waals surface area contributed by atoms with Crippen molar-refractivity contribution in [3.63, 3.8) is 0 Å². The Bertz CT molecular complexity index is 1370. The fourth-order valence-corrected chi connectivity index (χ4v) is 5.88. The predicted molar refractivity (Wildman–Crippen MR) is 116 cm³/mol. The van der Waals surface area contributed by atoms with Crippen LogP contribution in [0.3, 0.4) is 0 Å². The number of anilines is 1. The molecule has 158 valence electrons. The second-order valence-electron chi connectivity index (χ2n) is 8.30. The van der Waals surface area contributed by atoms with Crippen LogP contribution in [0.15, 0.2) is 30.3 Å². The number of sulfone groups is 1. The van der Waals surface area contributed by atoms with E-state index in [2.05, 4.69) is 16.5 Å². The molecular formula is C22H21N5O3S. The Morgan fingerprint density at radius 2 is 2.06 bits per heavy atom. The molecule has 1 aromatic carbocycles. The largest absolute Gasteiger partial charge is 0.322 e. The fraction of sp³-hybridized carbons (Fsp3) is 0.364. The average molecular weight is 436 g/mol. The number of nitriles is 1. The van der Waals surface area contributed by atoms with E-state index in [1.807, 2.05) is 13.0 Å². The number of hydrogen-bond acceptors (Lipinski definition) is 6. The predicted octanol–water partition coefficient (Wildman–Crippen LogP) is 3.10. The van der Waals surface area contributed by atoms with Crippen LogP contribution in [0.5, 0.6) is 0 Å². The van der Waals surface area contributed by atoms with Crippen LogP contribution in [0.25, 0.3) is 11.0 Å². The highest BCUT2D eigenvalue weighted by atomic mass is 32.2. The van der Waals surface area contributed by atoms with Gasteiger partial charge in [0, 0.05) is 17.3 Å². The molecule has 1 saturated carbocycles. The van der Waals surface area contributed by atoms with Crippen molar-refractivity contribution >= 4 is 32.5 Å². The summed E-state index contributed by atoms with van der Waals surface area (Å²) in [4.78, 5) is 18.1. The summed E-state index contributed by atoms with van der Waals surface area (Å²) in [6.07, 6.45) is 2.54. The number of benzene rings is 1. The number of nitrogens with zero attached hydrogens (tertiary/aromatic N) is 4. The molecule has 1 saturated heterocycles. The van der Waals surface area contributed by atoms with Crippen molar-refractivity contribution in [1.82, 2.24) is 14.8 Å². The first kappa shape index (κ1) is 19.7. The Labute approximate surface area is 179 Å². The number of carbonyl (C=O) groups excluding carboxylic acids is 1. The number of hydrogen-bond donors (Lipinski definition) is 1. The zero-order valence-corrected chi connectivity index (χ0v) is 17.8. The highest BCUT2D eigenvalue weighted by molar-refractivity contribution is 7.91. The lowest BCUT2D eigenvalue weighted by Gasteiger charge is -2.12. The molecule has 5 rings (SSSR count). The second kappa shape index (κ2) is 7.17. The van der Waals surface area contributed by atoms with Gasteiger partial charge in [-0.25, -0.2) is 18.1 Å². The zero-order valence-electron chi connectivity index (χ0n) is 17.0. The SMILES string of the molecule is Cc1nn(C2CCS(=O)(=O)C2)c2nc(C3CC3)cc(C(=O)Nc3cccc(C#N)c3)c12. The highest BCUT2D eigenvalue weighted by Crippen LogP contribution is 2.41. The zero-order chi connectivity index (χ0) is 21.8. The molecule has 8 nitrogen and oxygen atoms in total. The third-order valence-electron chi connectivity index (χ3n) is 5.90. The van der Waals surface area contributed by atoms with Crippen LogP contribution in [0.1, 0.15) is 58.5 Å². The van der Waals surface area contributed by atoms with Gasteiger partial charge in [0.05, 0.1) is 45.8 Å². The van der Waals surface area contributed by atoms with E-state index in [9.17, 15) is 13.2 Å². The van der Waals surface area contributed by atoms with Gasteiger partial charge in [-0.1, -0.05) is 6.07 Å². The van der Waals surface area contributed by atoms with Crippen molar-refractivity contribution in [2.45, 2.75) is 38.1 Å². The second-order valence-corrected chi connectivity index (χ2v) is 10.5. The number of amides is 1. The van der Waals surface area contributed by atoms with Crippen LogP contribution in [0.2, 0.25) is 0 Å². The normalized spacial score (nSPS) is 19.9. The number of aromatic nitrogens is 3. The first-order chi connectivity index (χ1) is 14.8. The maximum atomic E-state index is 13.3. The van der Waals surface area contributed by atoms with Gasteiger partial charge in [-0.05, 0) is 50.5 Å². The Morgan fingerprint density at radius 3 is 2.74 bits per heavy atom. The Hall–Kier alpha value is -3.25. The van der Waals surface area contributed by atoms with Crippen LogP contribution in [-0.2, 0) is 9.84 Å². The Kier molecular flexibility index (Phi) is 4.55. The standard InChI is InChI=1S/C22H21N5O3S/c1-13-20-18(22(28)24-16-4-2-3-14(9-16)11-23)10-19(15-5-6-15)25-21(20)27(26-13)17-7-8-31(29,30)12-17/h2-4,9-10,15,17H,5-8,12H2,1H3,(H,24,28). The van der Waals surface area contributed by atoms with E-state index in [1.54, 1.807) is 28.9 Å². The molecule has 3 aromatic rings. The third kappa shape index (κ3) is 3.68. The smallest absolute Gasteiger partial charge is 0.256 e. The highest BCUT2D eigenvalue weighted by Gasteiger charge is 2.34. The first-order valence-electron chi connectivity index (χ1n) is 10.3. The van der Waals surface area contributed by atoms with Crippen molar-refractivity contribution in [2.75, 3.05) is 16.8 Å². The van der Waals surface area contributed by atoms with Gasteiger partial charge in [0.15, 0.2) is 15.5 Å². The van der Waals surface area contributed by atoms with Crippen LogP contribution < -0.4 is 5.32 Å². The lowest BCUT2D eigenvalue weighted by Crippen LogP contribution is -2.15. The first-order valence-corrected chi connectivity index (χ1v) is 12.1. The molecule has 0 spiro atoms. The third-order valence-corrected chi connectivity index (χ3v) is 7.65. The molecule has 0 radical (unpaired) electrons. The minimum Gasteiger partial charge on any atom is -0.322 e. The summed E-state index contributed by atoms with van der Waals surface area (Å²) in [7, 11) is -3.09. The number of nitrogens with one attached hydrogen (secondary N) is 1. The molecule has 1 N–H and O–H groups in total. The van der Waals surface area contributed by atoms with Gasteiger partial charge in [-0.2, -0.15) is 10.4 Å². The van der Waals surface area contributed by atoms with Gasteiger partial charge in [-0.3, -0.25) is 4.79 Å². The summed E-state index contributed by atoms with van der Waals surface area (Å²) in [5.41, 5.74) is 3.52. The Morgan fingerprint density at radius 1 is 1.26 bits per heavy atom. The van der Waals surface area contributed by atoms with Crippen molar-refractivity contribution in [3.05, 3.63) is 52.8 Å². The Balaban J connectivity index is 1.60. The minimum absolute atomic E-state index is 0.0427. The molecule has 0 bridgehead atoms. The maximum absolute atomic E-state index is 13.3. The summed E-state index contributed by atoms with van der Waals surface area (Å²) in [5.74, 6) is 0.198. The fourth-order valence-electron chi connectivity index (χ4n) is 4.19. The van der Waals surface area contributed by atoms with Gasteiger partial charge in [0.25, 0.3) is 5.91 Å². The molecule has 1 aliphatic carbocycles. The van der Waals surface area contributed by atoms with Crippen molar-refractivity contribution < 1.29 is 13.2 Å². The van der Waals surface area contributed by atoms with Crippen molar-refractivity contribution in [3.8, 4) is 6.07 Å².